The van der Waals surface area contributed by atoms with Crippen LogP contribution in [0.15, 0.2) is 24.3 Å². The van der Waals surface area contributed by atoms with Gasteiger partial charge in [0, 0.05) is 19.0 Å². The monoisotopic (exact) mass is 312 g/mol. The number of carbonyl (C=O) groups excluding carboxylic acids is 1. The third kappa shape index (κ3) is 8.74. The zero-order valence-electron chi connectivity index (χ0n) is 13.2. The minimum atomic E-state index is 0. The SMILES string of the molecule is CCCCC(CN)NC(=O)CCCc1ccc(C)cc1.Cl. The van der Waals surface area contributed by atoms with E-state index in [1.807, 2.05) is 0 Å². The summed E-state index contributed by atoms with van der Waals surface area (Å²) in [7, 11) is 0. The molecule has 1 atom stereocenters. The molecule has 0 bridgehead atoms. The Morgan fingerprint density at radius 1 is 1.24 bits per heavy atom. The number of nitrogens with two attached hydrogens (primary N) is 1. The number of hydrogen-bond acceptors (Lipinski definition) is 2. The lowest BCUT2D eigenvalue weighted by Gasteiger charge is -2.16. The van der Waals surface area contributed by atoms with Crippen molar-refractivity contribution in [2.24, 2.45) is 5.73 Å². The van der Waals surface area contributed by atoms with Gasteiger partial charge in [0.1, 0.15) is 0 Å². The van der Waals surface area contributed by atoms with Crippen molar-refractivity contribution < 1.29 is 4.79 Å². The Morgan fingerprint density at radius 3 is 2.48 bits per heavy atom. The standard InChI is InChI=1S/C17H28N2O.ClH/c1-3-4-7-16(13-18)19-17(20)8-5-6-15-11-9-14(2)10-12-15;/h9-12,16H,3-8,13,18H2,1-2H3,(H,19,20);1H. The van der Waals surface area contributed by atoms with E-state index >= 15 is 0 Å². The number of amides is 1. The lowest BCUT2D eigenvalue weighted by atomic mass is 10.1. The van der Waals surface area contributed by atoms with Crippen molar-refractivity contribution in [1.29, 1.82) is 0 Å². The predicted molar refractivity (Wildman–Crippen MR) is 91.9 cm³/mol. The fourth-order valence-electron chi connectivity index (χ4n) is 2.21. The predicted octanol–water partition coefficient (Wildman–Crippen LogP) is 3.37. The highest BCUT2D eigenvalue weighted by Gasteiger charge is 2.09. The molecule has 0 radical (unpaired) electrons. The van der Waals surface area contributed by atoms with Crippen LogP contribution in [0.4, 0.5) is 0 Å². The van der Waals surface area contributed by atoms with Crippen molar-refractivity contribution in [3.05, 3.63) is 35.4 Å². The number of benzene rings is 1. The molecule has 0 fully saturated rings. The number of unbranched alkanes of at least 4 members (excludes halogenated alkanes) is 1. The van der Waals surface area contributed by atoms with Gasteiger partial charge in [-0.2, -0.15) is 0 Å². The molecule has 3 N–H and O–H groups in total. The molecule has 1 aromatic rings. The van der Waals surface area contributed by atoms with Crippen molar-refractivity contribution in [1.82, 2.24) is 5.32 Å². The first-order valence-corrected chi connectivity index (χ1v) is 7.70. The Kier molecular flexibility index (Phi) is 11.0. The Morgan fingerprint density at radius 2 is 1.90 bits per heavy atom. The molecular weight excluding hydrogens is 284 g/mol. The molecule has 21 heavy (non-hydrogen) atoms. The minimum absolute atomic E-state index is 0. The molecule has 120 valence electrons. The summed E-state index contributed by atoms with van der Waals surface area (Å²) in [6.07, 6.45) is 5.66. The number of aryl methyl sites for hydroxylation is 2. The number of carbonyl (C=O) groups is 1. The Bertz CT molecular complexity index is 392. The van der Waals surface area contributed by atoms with Crippen molar-refractivity contribution >= 4 is 18.3 Å². The van der Waals surface area contributed by atoms with Gasteiger partial charge >= 0.3 is 0 Å². The number of rotatable bonds is 9. The van der Waals surface area contributed by atoms with Crippen LogP contribution in [-0.4, -0.2) is 18.5 Å². The van der Waals surface area contributed by atoms with Crippen LogP contribution in [0.2, 0.25) is 0 Å². The molecule has 1 aromatic carbocycles. The summed E-state index contributed by atoms with van der Waals surface area (Å²) in [5, 5.41) is 3.03. The van der Waals surface area contributed by atoms with Crippen LogP contribution in [0.5, 0.6) is 0 Å². The van der Waals surface area contributed by atoms with Crippen molar-refractivity contribution in [2.75, 3.05) is 6.54 Å². The van der Waals surface area contributed by atoms with E-state index in [-0.39, 0.29) is 24.4 Å². The topological polar surface area (TPSA) is 55.1 Å². The number of nitrogens with one attached hydrogen (secondary N) is 1. The summed E-state index contributed by atoms with van der Waals surface area (Å²) in [5.41, 5.74) is 8.25. The Hall–Kier alpha value is -1.06. The van der Waals surface area contributed by atoms with Crippen molar-refractivity contribution in [2.45, 2.75) is 58.4 Å². The van der Waals surface area contributed by atoms with E-state index in [1.165, 1.54) is 11.1 Å². The molecule has 3 nitrogen and oxygen atoms in total. The van der Waals surface area contributed by atoms with E-state index in [4.69, 9.17) is 5.73 Å². The Balaban J connectivity index is 0.00000400. The van der Waals surface area contributed by atoms with Gasteiger partial charge in [-0.25, -0.2) is 0 Å². The van der Waals surface area contributed by atoms with Gasteiger partial charge in [-0.1, -0.05) is 49.6 Å². The number of halogens is 1. The molecule has 0 spiro atoms. The van der Waals surface area contributed by atoms with Gasteiger partial charge in [0.15, 0.2) is 0 Å². The highest BCUT2D eigenvalue weighted by Crippen LogP contribution is 2.07. The van der Waals surface area contributed by atoms with Gasteiger partial charge < -0.3 is 11.1 Å². The van der Waals surface area contributed by atoms with E-state index in [0.29, 0.717) is 13.0 Å². The summed E-state index contributed by atoms with van der Waals surface area (Å²) in [4.78, 5) is 11.9. The van der Waals surface area contributed by atoms with Crippen LogP contribution in [0.1, 0.15) is 50.2 Å². The molecule has 1 amide bonds. The lowest BCUT2D eigenvalue weighted by Crippen LogP contribution is -2.40. The molecule has 0 saturated carbocycles. The van der Waals surface area contributed by atoms with E-state index < -0.39 is 0 Å². The maximum atomic E-state index is 11.9. The molecule has 4 heteroatoms. The maximum absolute atomic E-state index is 11.9. The molecule has 0 aliphatic carbocycles. The van der Waals surface area contributed by atoms with Crippen LogP contribution < -0.4 is 11.1 Å². The molecular formula is C17H29ClN2O. The third-order valence-corrected chi connectivity index (χ3v) is 3.55. The van der Waals surface area contributed by atoms with Crippen LogP contribution in [-0.2, 0) is 11.2 Å². The summed E-state index contributed by atoms with van der Waals surface area (Å²) in [6, 6.07) is 8.64. The number of hydrogen-bond donors (Lipinski definition) is 2. The molecule has 1 unspecified atom stereocenters. The molecule has 0 saturated heterocycles. The summed E-state index contributed by atoms with van der Waals surface area (Å²) in [5.74, 6) is 0.128. The van der Waals surface area contributed by atoms with Crippen LogP contribution in [0.3, 0.4) is 0 Å². The zero-order valence-corrected chi connectivity index (χ0v) is 14.0. The van der Waals surface area contributed by atoms with E-state index in [9.17, 15) is 4.79 Å². The van der Waals surface area contributed by atoms with E-state index in [2.05, 4.69) is 43.4 Å². The first-order chi connectivity index (χ1) is 9.65. The normalized spacial score (nSPS) is 11.6. The largest absolute Gasteiger partial charge is 0.352 e. The second-order valence-corrected chi connectivity index (χ2v) is 5.48. The van der Waals surface area contributed by atoms with Crippen LogP contribution >= 0.6 is 12.4 Å². The van der Waals surface area contributed by atoms with Crippen LogP contribution in [0, 0.1) is 6.92 Å². The fourth-order valence-corrected chi connectivity index (χ4v) is 2.21. The maximum Gasteiger partial charge on any atom is 0.220 e. The van der Waals surface area contributed by atoms with E-state index in [1.54, 1.807) is 0 Å². The summed E-state index contributed by atoms with van der Waals surface area (Å²) in [6.45, 7) is 4.77. The van der Waals surface area contributed by atoms with Gasteiger partial charge in [-0.3, -0.25) is 4.79 Å². The molecule has 1 rings (SSSR count). The minimum Gasteiger partial charge on any atom is -0.352 e. The van der Waals surface area contributed by atoms with Crippen LogP contribution in [0.25, 0.3) is 0 Å². The van der Waals surface area contributed by atoms with Gasteiger partial charge in [0.25, 0.3) is 0 Å². The van der Waals surface area contributed by atoms with E-state index in [0.717, 1.165) is 32.1 Å². The highest BCUT2D eigenvalue weighted by atomic mass is 35.5. The van der Waals surface area contributed by atoms with Crippen molar-refractivity contribution in [3.8, 4) is 0 Å². The summed E-state index contributed by atoms with van der Waals surface area (Å²) >= 11 is 0. The molecule has 0 aromatic heterocycles. The summed E-state index contributed by atoms with van der Waals surface area (Å²) < 4.78 is 0. The van der Waals surface area contributed by atoms with Gasteiger partial charge in [0.2, 0.25) is 5.91 Å². The molecule has 0 aliphatic rings. The molecule has 0 aliphatic heterocycles. The quantitative estimate of drug-likeness (QED) is 0.734. The van der Waals surface area contributed by atoms with Crippen molar-refractivity contribution in [3.63, 3.8) is 0 Å². The molecule has 0 heterocycles. The Labute approximate surface area is 135 Å². The first kappa shape index (κ1) is 19.9. The average Bonchev–Trinajstić information content (AvgIpc) is 2.45. The van der Waals surface area contributed by atoms with Gasteiger partial charge in [-0.15, -0.1) is 12.4 Å². The zero-order chi connectivity index (χ0) is 14.8. The lowest BCUT2D eigenvalue weighted by molar-refractivity contribution is -0.121. The first-order valence-electron chi connectivity index (χ1n) is 7.70. The third-order valence-electron chi connectivity index (χ3n) is 3.55. The van der Waals surface area contributed by atoms with Gasteiger partial charge in [-0.05, 0) is 31.7 Å². The van der Waals surface area contributed by atoms with Gasteiger partial charge in [0.05, 0.1) is 0 Å². The second-order valence-electron chi connectivity index (χ2n) is 5.48. The fraction of sp³-hybridized carbons (Fsp3) is 0.588. The average molecular weight is 313 g/mol. The smallest absolute Gasteiger partial charge is 0.220 e. The highest BCUT2D eigenvalue weighted by molar-refractivity contribution is 5.85. The second kappa shape index (κ2) is 11.6.